The summed E-state index contributed by atoms with van der Waals surface area (Å²) < 4.78 is 46.0. The van der Waals surface area contributed by atoms with Gasteiger partial charge in [-0.3, -0.25) is 4.79 Å². The van der Waals surface area contributed by atoms with Crippen LogP contribution in [0.3, 0.4) is 0 Å². The Morgan fingerprint density at radius 2 is 1.72 bits per heavy atom. The number of carbonyl (C=O) groups excluding carboxylic acids is 1. The van der Waals surface area contributed by atoms with E-state index >= 15 is 0 Å². The quantitative estimate of drug-likeness (QED) is 0.388. The Morgan fingerprint density at radius 3 is 2.28 bits per heavy atom. The third-order valence-corrected chi connectivity index (χ3v) is 5.11. The fourth-order valence-corrected chi connectivity index (χ4v) is 3.84. The lowest BCUT2D eigenvalue weighted by atomic mass is 9.85. The van der Waals surface area contributed by atoms with E-state index < -0.39 is 23.4 Å². The minimum Gasteiger partial charge on any atom is -0.360 e. The number of nitrogens with zero attached hydrogens (tertiary/aromatic N) is 1. The average Bonchev–Trinajstić information content (AvgIpc) is 2.69. The topological polar surface area (TPSA) is 30.7 Å². The molecule has 0 spiro atoms. The summed E-state index contributed by atoms with van der Waals surface area (Å²) in [6.45, 7) is 16.3. The summed E-state index contributed by atoms with van der Waals surface area (Å²) in [4.78, 5) is 16.1. The molecule has 0 bridgehead atoms. The predicted molar refractivity (Wildman–Crippen MR) is 120 cm³/mol. The van der Waals surface area contributed by atoms with Gasteiger partial charge in [-0.2, -0.15) is 13.2 Å². The summed E-state index contributed by atoms with van der Waals surface area (Å²) in [7, 11) is 0. The zero-order valence-electron chi connectivity index (χ0n) is 18.6. The van der Waals surface area contributed by atoms with Gasteiger partial charge in [0.1, 0.15) is 6.10 Å². The Morgan fingerprint density at radius 1 is 1.06 bits per heavy atom. The molecule has 0 aliphatic heterocycles. The van der Waals surface area contributed by atoms with Crippen LogP contribution in [0.2, 0.25) is 0 Å². The Kier molecular flexibility index (Phi) is 6.17. The molecule has 1 atom stereocenters. The van der Waals surface area contributed by atoms with Gasteiger partial charge in [0, 0.05) is 5.56 Å². The van der Waals surface area contributed by atoms with Crippen molar-refractivity contribution < 1.29 is 22.7 Å². The second-order valence-electron chi connectivity index (χ2n) is 8.77. The highest BCUT2D eigenvalue weighted by Crippen LogP contribution is 2.45. The van der Waals surface area contributed by atoms with Crippen LogP contribution < -0.4 is 0 Å². The molecule has 0 saturated heterocycles. The largest absolute Gasteiger partial charge is 0.415 e. The molecule has 3 nitrogen and oxygen atoms in total. The molecule has 0 fully saturated rings. The summed E-state index contributed by atoms with van der Waals surface area (Å²) in [6, 6.07) is 12.5. The maximum absolute atomic E-state index is 13.3. The first kappa shape index (κ1) is 23.5. The van der Waals surface area contributed by atoms with E-state index in [1.165, 1.54) is 13.0 Å². The summed E-state index contributed by atoms with van der Waals surface area (Å²) in [5, 5.41) is 1.60. The average molecular weight is 439 g/mol. The summed E-state index contributed by atoms with van der Waals surface area (Å²) in [5.41, 5.74) is 0.551. The molecule has 0 radical (unpaired) electrons. The van der Waals surface area contributed by atoms with Crippen LogP contribution in [-0.2, 0) is 15.7 Å². The third kappa shape index (κ3) is 4.68. The zero-order valence-corrected chi connectivity index (χ0v) is 18.6. The van der Waals surface area contributed by atoms with Crippen LogP contribution >= 0.6 is 0 Å². The molecule has 166 valence electrons. The fraction of sp³-hybridized carbons (Fsp3) is 0.308. The number of rotatable bonds is 4. The lowest BCUT2D eigenvalue weighted by molar-refractivity contribution is -0.139. The minimum atomic E-state index is -4.56. The molecule has 0 heterocycles. The van der Waals surface area contributed by atoms with E-state index in [2.05, 4.69) is 4.85 Å². The molecule has 0 amide bonds. The number of hydrogen-bond acceptors (Lipinski definition) is 2. The molecule has 0 aromatic heterocycles. The number of halogens is 3. The molecule has 0 unspecified atom stereocenters. The van der Waals surface area contributed by atoms with Crippen molar-refractivity contribution in [3.63, 3.8) is 0 Å². The summed E-state index contributed by atoms with van der Waals surface area (Å²) in [6.07, 6.45) is -5.50. The Balaban J connectivity index is 2.44. The number of ketones is 1. The van der Waals surface area contributed by atoms with Crippen molar-refractivity contribution in [3.8, 4) is 11.1 Å². The highest BCUT2D eigenvalue weighted by molar-refractivity contribution is 6.04. The van der Waals surface area contributed by atoms with Crippen molar-refractivity contribution in [2.75, 3.05) is 0 Å². The number of aryl methyl sites for hydroxylation is 1. The molecule has 3 aromatic carbocycles. The Bertz CT molecular complexity index is 1230. The number of fused-ring (bicyclic) bond motifs is 1. The zero-order chi connectivity index (χ0) is 23.8. The third-order valence-electron chi connectivity index (χ3n) is 5.11. The lowest BCUT2D eigenvalue weighted by Gasteiger charge is -2.30. The number of alkyl halides is 3. The maximum atomic E-state index is 13.3. The first-order valence-corrected chi connectivity index (χ1v) is 10.1. The first-order valence-electron chi connectivity index (χ1n) is 10.1. The van der Waals surface area contributed by atoms with E-state index in [4.69, 9.17) is 11.3 Å². The van der Waals surface area contributed by atoms with Gasteiger partial charge in [0.2, 0.25) is 0 Å². The smallest absolute Gasteiger partial charge is 0.360 e. The highest BCUT2D eigenvalue weighted by atomic mass is 19.4. The van der Waals surface area contributed by atoms with Crippen molar-refractivity contribution in [2.45, 2.75) is 52.5 Å². The molecular weight excluding hydrogens is 415 g/mol. The van der Waals surface area contributed by atoms with Crippen LogP contribution in [0.25, 0.3) is 26.7 Å². The Hall–Kier alpha value is -3.17. The van der Waals surface area contributed by atoms with Crippen molar-refractivity contribution in [2.24, 2.45) is 0 Å². The lowest BCUT2D eigenvalue weighted by Crippen LogP contribution is -2.27. The molecule has 6 heteroatoms. The van der Waals surface area contributed by atoms with E-state index in [9.17, 15) is 18.0 Å². The van der Waals surface area contributed by atoms with E-state index in [-0.39, 0.29) is 11.5 Å². The predicted octanol–water partition coefficient (Wildman–Crippen LogP) is 7.83. The van der Waals surface area contributed by atoms with Gasteiger partial charge in [-0.05, 0) is 73.7 Å². The van der Waals surface area contributed by atoms with Gasteiger partial charge < -0.3 is 4.74 Å². The number of carbonyl (C=O) groups is 1. The molecule has 0 aliphatic carbocycles. The molecular formula is C26H24F3NO2. The summed E-state index contributed by atoms with van der Waals surface area (Å²) in [5.74, 6) is -0.226. The molecule has 0 aliphatic rings. The number of Topliss-reactive ketones (excluding diaryl/α,β-unsaturated/α-hetero) is 1. The van der Waals surface area contributed by atoms with E-state index in [1.54, 1.807) is 0 Å². The van der Waals surface area contributed by atoms with Crippen LogP contribution in [-0.4, -0.2) is 11.4 Å². The fourth-order valence-electron chi connectivity index (χ4n) is 3.84. The van der Waals surface area contributed by atoms with Gasteiger partial charge in [-0.1, -0.05) is 42.5 Å². The monoisotopic (exact) mass is 439 g/mol. The van der Waals surface area contributed by atoms with Gasteiger partial charge in [0.05, 0.1) is 12.2 Å². The number of hydrogen-bond donors (Lipinski definition) is 0. The second kappa shape index (κ2) is 8.40. The van der Waals surface area contributed by atoms with Crippen molar-refractivity contribution in [1.82, 2.24) is 0 Å². The molecule has 0 N–H and O–H groups in total. The van der Waals surface area contributed by atoms with E-state index in [1.807, 2.05) is 58.0 Å². The van der Waals surface area contributed by atoms with Crippen molar-refractivity contribution in [3.05, 3.63) is 76.6 Å². The maximum Gasteiger partial charge on any atom is 0.415 e. The molecule has 32 heavy (non-hydrogen) atoms. The van der Waals surface area contributed by atoms with Gasteiger partial charge in [0.25, 0.3) is 0 Å². The number of ether oxygens (including phenoxy) is 1. The summed E-state index contributed by atoms with van der Waals surface area (Å²) >= 11 is 0. The second-order valence-corrected chi connectivity index (χ2v) is 8.77. The minimum absolute atomic E-state index is 0.130. The van der Waals surface area contributed by atoms with Gasteiger partial charge in [-0.25, -0.2) is 4.85 Å². The normalized spacial score (nSPS) is 13.1. The van der Waals surface area contributed by atoms with Crippen LogP contribution in [0.4, 0.5) is 18.9 Å². The highest BCUT2D eigenvalue weighted by Gasteiger charge is 2.33. The number of benzene rings is 3. The Labute approximate surface area is 185 Å². The SMILES string of the molecule is [C-]#[N+]c1cc(C(F)(F)F)ccc1-c1c([C@H](OC(C)(C)C)C(C)=O)c(C)cc2ccccc12. The van der Waals surface area contributed by atoms with Gasteiger partial charge in [-0.15, -0.1) is 0 Å². The van der Waals surface area contributed by atoms with Gasteiger partial charge in [0.15, 0.2) is 11.5 Å². The van der Waals surface area contributed by atoms with Gasteiger partial charge >= 0.3 is 6.18 Å². The van der Waals surface area contributed by atoms with Crippen LogP contribution in [0.15, 0.2) is 48.5 Å². The molecule has 0 saturated carbocycles. The van der Waals surface area contributed by atoms with E-state index in [0.717, 1.165) is 28.5 Å². The van der Waals surface area contributed by atoms with Crippen LogP contribution in [0.1, 0.15) is 50.5 Å². The molecule has 3 aromatic rings. The van der Waals surface area contributed by atoms with Crippen molar-refractivity contribution >= 4 is 22.2 Å². The van der Waals surface area contributed by atoms with Crippen LogP contribution in [0.5, 0.6) is 0 Å². The molecule has 3 rings (SSSR count). The van der Waals surface area contributed by atoms with Crippen LogP contribution in [0, 0.1) is 13.5 Å². The first-order chi connectivity index (χ1) is 14.8. The van der Waals surface area contributed by atoms with E-state index in [0.29, 0.717) is 16.7 Å². The standard InChI is InChI=1S/C26H24F3NO2/c1-15-13-17-9-7-8-10-19(17)23(22(15)24(16(2)31)32-25(3,4)5)20-12-11-18(26(27,28)29)14-21(20)30-6/h7-14,24H,1-5H3/t24-/m1/s1. The van der Waals surface area contributed by atoms with Crippen molar-refractivity contribution in [1.29, 1.82) is 0 Å².